The lowest BCUT2D eigenvalue weighted by atomic mass is 10.1. The van der Waals surface area contributed by atoms with Crippen molar-refractivity contribution >= 4 is 17.7 Å². The molecule has 138 valence electrons. The highest BCUT2D eigenvalue weighted by molar-refractivity contribution is 7.99. The summed E-state index contributed by atoms with van der Waals surface area (Å²) < 4.78 is 1.98. The Bertz CT molecular complexity index is 904. The van der Waals surface area contributed by atoms with Crippen molar-refractivity contribution in [3.8, 4) is 11.4 Å². The van der Waals surface area contributed by atoms with E-state index in [0.29, 0.717) is 18.2 Å². The molecule has 0 saturated carbocycles. The monoisotopic (exact) mass is 378 g/mol. The Morgan fingerprint density at radius 3 is 2.59 bits per heavy atom. The summed E-state index contributed by atoms with van der Waals surface area (Å²) in [5, 5.41) is 12.2. The smallest absolute Gasteiger partial charge is 0.230 e. The average Bonchev–Trinajstić information content (AvgIpc) is 3.09. The van der Waals surface area contributed by atoms with Crippen molar-refractivity contribution in [2.75, 3.05) is 5.75 Å². The van der Waals surface area contributed by atoms with Crippen molar-refractivity contribution in [3.63, 3.8) is 0 Å². The number of hydrogen-bond acceptors (Lipinski definition) is 4. The molecule has 2 aromatic carbocycles. The summed E-state index contributed by atoms with van der Waals surface area (Å²) in [6.07, 6.45) is 1.81. The molecule has 6 heteroatoms. The number of hydrogen-bond donors (Lipinski definition) is 1. The SMILES string of the molecule is C=CCn1c(SCC(=O)NCc2ccccc2)nnc1-c1ccc(C)cc1. The molecule has 0 bridgehead atoms. The van der Waals surface area contributed by atoms with E-state index in [2.05, 4.69) is 22.1 Å². The molecule has 3 rings (SSSR count). The highest BCUT2D eigenvalue weighted by atomic mass is 32.2. The van der Waals surface area contributed by atoms with E-state index in [0.717, 1.165) is 17.0 Å². The number of aromatic nitrogens is 3. The van der Waals surface area contributed by atoms with Gasteiger partial charge in [-0.25, -0.2) is 0 Å². The normalized spacial score (nSPS) is 10.6. The van der Waals surface area contributed by atoms with Gasteiger partial charge in [0.1, 0.15) is 0 Å². The minimum absolute atomic E-state index is 0.0334. The average molecular weight is 379 g/mol. The topological polar surface area (TPSA) is 59.8 Å². The molecule has 0 aliphatic heterocycles. The molecule has 0 aliphatic carbocycles. The van der Waals surface area contributed by atoms with Crippen LogP contribution < -0.4 is 5.32 Å². The van der Waals surface area contributed by atoms with Crippen LogP contribution in [0.5, 0.6) is 0 Å². The first-order chi connectivity index (χ1) is 13.2. The van der Waals surface area contributed by atoms with E-state index in [-0.39, 0.29) is 11.7 Å². The van der Waals surface area contributed by atoms with Crippen molar-refractivity contribution < 1.29 is 4.79 Å². The molecule has 0 radical (unpaired) electrons. The van der Waals surface area contributed by atoms with Gasteiger partial charge in [0.15, 0.2) is 11.0 Å². The zero-order chi connectivity index (χ0) is 19.1. The minimum atomic E-state index is -0.0334. The van der Waals surface area contributed by atoms with Crippen LogP contribution in [0.4, 0.5) is 0 Å². The van der Waals surface area contributed by atoms with Crippen molar-refractivity contribution in [2.45, 2.75) is 25.2 Å². The number of nitrogens with one attached hydrogen (secondary N) is 1. The Labute approximate surface area is 163 Å². The van der Waals surface area contributed by atoms with Gasteiger partial charge in [0, 0.05) is 18.7 Å². The first kappa shape index (κ1) is 18.9. The van der Waals surface area contributed by atoms with E-state index < -0.39 is 0 Å². The van der Waals surface area contributed by atoms with Gasteiger partial charge in [-0.05, 0) is 12.5 Å². The molecule has 1 N–H and O–H groups in total. The fourth-order valence-electron chi connectivity index (χ4n) is 2.58. The van der Waals surface area contributed by atoms with Crippen LogP contribution >= 0.6 is 11.8 Å². The summed E-state index contributed by atoms with van der Waals surface area (Å²) in [6.45, 7) is 6.98. The molecular weight excluding hydrogens is 356 g/mol. The second-order valence-electron chi connectivity index (χ2n) is 6.12. The number of nitrogens with zero attached hydrogens (tertiary/aromatic N) is 3. The third kappa shape index (κ3) is 5.08. The fourth-order valence-corrected chi connectivity index (χ4v) is 3.36. The number of carbonyl (C=O) groups is 1. The van der Waals surface area contributed by atoms with Crippen LogP contribution in [0.25, 0.3) is 11.4 Å². The van der Waals surface area contributed by atoms with Gasteiger partial charge in [0.2, 0.25) is 5.91 Å². The summed E-state index contributed by atoms with van der Waals surface area (Å²) in [7, 11) is 0. The number of amides is 1. The molecule has 0 unspecified atom stereocenters. The molecule has 27 heavy (non-hydrogen) atoms. The maximum atomic E-state index is 12.2. The summed E-state index contributed by atoms with van der Waals surface area (Å²) in [5.74, 6) is 1.03. The first-order valence-corrected chi connectivity index (χ1v) is 9.70. The molecule has 1 heterocycles. The van der Waals surface area contributed by atoms with Gasteiger partial charge in [-0.2, -0.15) is 0 Å². The second-order valence-corrected chi connectivity index (χ2v) is 7.06. The van der Waals surface area contributed by atoms with Crippen molar-refractivity contribution in [2.24, 2.45) is 0 Å². The first-order valence-electron chi connectivity index (χ1n) is 8.72. The molecule has 0 atom stereocenters. The Hall–Kier alpha value is -2.86. The lowest BCUT2D eigenvalue weighted by Gasteiger charge is -2.08. The predicted octanol–water partition coefficient (Wildman–Crippen LogP) is 3.85. The number of allylic oxidation sites excluding steroid dienone is 1. The van der Waals surface area contributed by atoms with Crippen molar-refractivity contribution in [1.82, 2.24) is 20.1 Å². The Morgan fingerprint density at radius 1 is 1.15 bits per heavy atom. The Kier molecular flexibility index (Phi) is 6.44. The molecule has 0 fully saturated rings. The van der Waals surface area contributed by atoms with Gasteiger partial charge < -0.3 is 5.32 Å². The van der Waals surface area contributed by atoms with Crippen molar-refractivity contribution in [3.05, 3.63) is 78.4 Å². The van der Waals surface area contributed by atoms with Crippen LogP contribution in [0.1, 0.15) is 11.1 Å². The quantitative estimate of drug-likeness (QED) is 0.478. The molecule has 0 spiro atoms. The number of thioether (sulfide) groups is 1. The molecule has 1 amide bonds. The zero-order valence-electron chi connectivity index (χ0n) is 15.3. The molecule has 3 aromatic rings. The lowest BCUT2D eigenvalue weighted by molar-refractivity contribution is -0.118. The van der Waals surface area contributed by atoms with Crippen LogP contribution in [0, 0.1) is 6.92 Å². The summed E-state index contributed by atoms with van der Waals surface area (Å²) in [6, 6.07) is 18.0. The standard InChI is InChI=1S/C21H22N4OS/c1-3-13-25-20(18-11-9-16(2)10-12-18)23-24-21(25)27-15-19(26)22-14-17-7-5-4-6-8-17/h3-12H,1,13-15H2,2H3,(H,22,26). The zero-order valence-corrected chi connectivity index (χ0v) is 16.1. The van der Waals surface area contributed by atoms with Gasteiger partial charge in [0.25, 0.3) is 0 Å². The van der Waals surface area contributed by atoms with Gasteiger partial charge in [-0.3, -0.25) is 9.36 Å². The molecule has 0 aliphatic rings. The third-order valence-electron chi connectivity index (χ3n) is 4.00. The van der Waals surface area contributed by atoms with Gasteiger partial charge in [-0.15, -0.1) is 16.8 Å². The summed E-state index contributed by atoms with van der Waals surface area (Å²) in [5.41, 5.74) is 3.26. The molecule has 5 nitrogen and oxygen atoms in total. The van der Waals surface area contributed by atoms with Crippen LogP contribution in [-0.2, 0) is 17.9 Å². The van der Waals surface area contributed by atoms with Crippen LogP contribution in [0.2, 0.25) is 0 Å². The fraction of sp³-hybridized carbons (Fsp3) is 0.190. The van der Waals surface area contributed by atoms with E-state index in [9.17, 15) is 4.79 Å². The number of aryl methyl sites for hydroxylation is 1. The summed E-state index contributed by atoms with van der Waals surface area (Å²) in [4.78, 5) is 12.2. The second kappa shape index (κ2) is 9.19. The van der Waals surface area contributed by atoms with Crippen molar-refractivity contribution in [1.29, 1.82) is 0 Å². The highest BCUT2D eigenvalue weighted by Gasteiger charge is 2.14. The van der Waals surface area contributed by atoms with Gasteiger partial charge in [-0.1, -0.05) is 78.0 Å². The number of carbonyl (C=O) groups excluding carboxylic acids is 1. The van der Waals surface area contributed by atoms with E-state index >= 15 is 0 Å². The van der Waals surface area contributed by atoms with E-state index in [1.165, 1.54) is 17.3 Å². The largest absolute Gasteiger partial charge is 0.351 e. The van der Waals surface area contributed by atoms with E-state index in [4.69, 9.17) is 0 Å². The maximum Gasteiger partial charge on any atom is 0.230 e. The number of benzene rings is 2. The van der Waals surface area contributed by atoms with Crippen LogP contribution in [-0.4, -0.2) is 26.4 Å². The van der Waals surface area contributed by atoms with Gasteiger partial charge >= 0.3 is 0 Å². The highest BCUT2D eigenvalue weighted by Crippen LogP contribution is 2.24. The van der Waals surface area contributed by atoms with Gasteiger partial charge in [0.05, 0.1) is 5.75 Å². The van der Waals surface area contributed by atoms with E-state index in [1.807, 2.05) is 66.1 Å². The molecule has 1 aromatic heterocycles. The third-order valence-corrected chi connectivity index (χ3v) is 4.97. The van der Waals surface area contributed by atoms with E-state index in [1.54, 1.807) is 6.08 Å². The molecule has 0 saturated heterocycles. The maximum absolute atomic E-state index is 12.2. The Balaban J connectivity index is 1.65. The lowest BCUT2D eigenvalue weighted by Crippen LogP contribution is -2.24. The molecular formula is C21H22N4OS. The summed E-state index contributed by atoms with van der Waals surface area (Å²) >= 11 is 1.38. The van der Waals surface area contributed by atoms with Crippen LogP contribution in [0.15, 0.2) is 72.4 Å². The minimum Gasteiger partial charge on any atom is -0.351 e. The Morgan fingerprint density at radius 2 is 1.89 bits per heavy atom. The predicted molar refractivity (Wildman–Crippen MR) is 109 cm³/mol. The van der Waals surface area contributed by atoms with Crippen LogP contribution in [0.3, 0.4) is 0 Å². The number of rotatable bonds is 8.